The van der Waals surface area contributed by atoms with Crippen LogP contribution in [0.3, 0.4) is 0 Å². The zero-order valence-electron chi connectivity index (χ0n) is 40.0. The SMILES string of the molecule is CC[C@H](C)[C@H](NC(=O)[C@H](CCCCN)NC(=O)[C@H](CCCCN)NC(=O)[C@@H](N)C(C)C)C(=O)N1CCC[C@H]1C(=O)N[C@@H](CCCCN)C(=O)N[C@@H](CCCCN)C(=O)N1CCC[C@H]1C(=O)O. The maximum atomic E-state index is 14.5. The van der Waals surface area contributed by atoms with Crippen LogP contribution < -0.4 is 55.3 Å². The molecule has 0 unspecified atom stereocenters. The quantitative estimate of drug-likeness (QED) is 0.0362. The number of carbonyl (C=O) groups excluding carboxylic acids is 7. The van der Waals surface area contributed by atoms with Gasteiger partial charge in [-0.1, -0.05) is 34.1 Å². The van der Waals surface area contributed by atoms with Gasteiger partial charge in [-0.05, 0) is 141 Å². The number of carboxylic acids is 1. The molecule has 0 spiro atoms. The summed E-state index contributed by atoms with van der Waals surface area (Å²) in [5, 5.41) is 23.9. The number of rotatable bonds is 32. The Morgan fingerprint density at radius 1 is 0.545 bits per heavy atom. The molecule has 2 saturated heterocycles. The van der Waals surface area contributed by atoms with Gasteiger partial charge in [0.2, 0.25) is 41.4 Å². The molecule has 16 N–H and O–H groups in total. The predicted molar refractivity (Wildman–Crippen MR) is 251 cm³/mol. The average Bonchev–Trinajstić information content (AvgIpc) is 4.00. The number of carboxylic acid groups (broad SMARTS) is 1. The van der Waals surface area contributed by atoms with Gasteiger partial charge in [0.15, 0.2) is 0 Å². The topological polar surface area (TPSA) is 354 Å². The van der Waals surface area contributed by atoms with Crippen molar-refractivity contribution in [1.82, 2.24) is 36.4 Å². The van der Waals surface area contributed by atoms with Gasteiger partial charge in [-0.3, -0.25) is 33.6 Å². The number of nitrogens with one attached hydrogen (secondary N) is 5. The van der Waals surface area contributed by atoms with E-state index < -0.39 is 102 Å². The lowest BCUT2D eigenvalue weighted by atomic mass is 9.96. The van der Waals surface area contributed by atoms with Crippen LogP contribution in [0.1, 0.15) is 137 Å². The first kappa shape index (κ1) is 57.7. The molecule has 2 aliphatic heterocycles. The second-order valence-electron chi connectivity index (χ2n) is 18.2. The number of hydrogen-bond donors (Lipinski definition) is 11. The molecule has 2 fully saturated rings. The minimum atomic E-state index is -1.12. The highest BCUT2D eigenvalue weighted by Gasteiger charge is 2.42. The Balaban J connectivity index is 2.35. The zero-order valence-corrected chi connectivity index (χ0v) is 40.0. The lowest BCUT2D eigenvalue weighted by Crippen LogP contribution is -2.61. The smallest absolute Gasteiger partial charge is 0.326 e. The van der Waals surface area contributed by atoms with Crippen LogP contribution in [0.25, 0.3) is 0 Å². The molecule has 0 bridgehead atoms. The average molecular weight is 937 g/mol. The minimum Gasteiger partial charge on any atom is -0.480 e. The third kappa shape index (κ3) is 18.3. The fraction of sp³-hybridized carbons (Fsp3) is 0.822. The van der Waals surface area contributed by atoms with Crippen LogP contribution in [0.4, 0.5) is 0 Å². The summed E-state index contributed by atoms with van der Waals surface area (Å²) in [4.78, 5) is 112. The number of unbranched alkanes of at least 4 members (excludes halogenated alkanes) is 4. The Morgan fingerprint density at radius 2 is 0.939 bits per heavy atom. The number of likely N-dealkylation sites (tertiary alicyclic amines) is 2. The number of carbonyl (C=O) groups is 8. The van der Waals surface area contributed by atoms with Crippen molar-refractivity contribution in [2.24, 2.45) is 40.5 Å². The van der Waals surface area contributed by atoms with Crippen molar-refractivity contribution >= 4 is 47.3 Å². The van der Waals surface area contributed by atoms with E-state index in [1.807, 2.05) is 6.92 Å². The first-order chi connectivity index (χ1) is 31.5. The third-order valence-electron chi connectivity index (χ3n) is 12.8. The van der Waals surface area contributed by atoms with Crippen LogP contribution in [0.5, 0.6) is 0 Å². The van der Waals surface area contributed by atoms with Crippen LogP contribution in [0, 0.1) is 11.8 Å². The van der Waals surface area contributed by atoms with Crippen LogP contribution in [0.2, 0.25) is 0 Å². The molecule has 2 aliphatic rings. The predicted octanol–water partition coefficient (Wildman–Crippen LogP) is -0.978. The number of hydrogen-bond acceptors (Lipinski definition) is 13. The van der Waals surface area contributed by atoms with Gasteiger partial charge in [-0.15, -0.1) is 0 Å². The molecule has 378 valence electrons. The molecule has 2 rings (SSSR count). The van der Waals surface area contributed by atoms with Crippen molar-refractivity contribution in [3.63, 3.8) is 0 Å². The third-order valence-corrected chi connectivity index (χ3v) is 12.8. The van der Waals surface area contributed by atoms with E-state index in [4.69, 9.17) is 28.7 Å². The van der Waals surface area contributed by atoms with Gasteiger partial charge in [0.25, 0.3) is 0 Å². The van der Waals surface area contributed by atoms with E-state index in [1.165, 1.54) is 9.80 Å². The molecule has 0 aliphatic carbocycles. The van der Waals surface area contributed by atoms with Crippen molar-refractivity contribution in [3.05, 3.63) is 0 Å². The van der Waals surface area contributed by atoms with Crippen LogP contribution >= 0.6 is 0 Å². The summed E-state index contributed by atoms with van der Waals surface area (Å²) in [5.41, 5.74) is 29.0. The number of aliphatic carboxylic acids is 1. The molecule has 9 atom stereocenters. The van der Waals surface area contributed by atoms with E-state index in [-0.39, 0.29) is 51.1 Å². The molecule has 0 aromatic heterocycles. The molecule has 66 heavy (non-hydrogen) atoms. The number of amides is 7. The van der Waals surface area contributed by atoms with E-state index in [2.05, 4.69) is 26.6 Å². The molecule has 21 heteroatoms. The summed E-state index contributed by atoms with van der Waals surface area (Å²) >= 11 is 0. The maximum Gasteiger partial charge on any atom is 0.326 e. The van der Waals surface area contributed by atoms with E-state index in [0.717, 1.165) is 0 Å². The van der Waals surface area contributed by atoms with E-state index in [1.54, 1.807) is 20.8 Å². The molecule has 2 heterocycles. The van der Waals surface area contributed by atoms with Gasteiger partial charge in [0.1, 0.15) is 42.3 Å². The maximum absolute atomic E-state index is 14.5. The standard InChI is InChI=1S/C45H84N12O9/c1-5-29(4)37(55-40(60)32(18-8-12-24-48)51-38(58)31(17-7-11-23-47)53-42(62)36(50)28(2)3)44(64)56-26-14-20-34(56)41(61)52-30(16-6-10-22-46)39(59)54-33(19-9-13-25-49)43(63)57-27-15-21-35(57)45(65)66/h28-37H,5-27,46-50H2,1-4H3,(H,51,58)(H,52,61)(H,53,62)(H,54,59)(H,55,60)(H,65,66)/t29-,30-,31-,32-,33-,34-,35-,36-,37-/m0/s1. The van der Waals surface area contributed by atoms with Crippen LogP contribution in [0.15, 0.2) is 0 Å². The summed E-state index contributed by atoms with van der Waals surface area (Å²) in [7, 11) is 0. The first-order valence-electron chi connectivity index (χ1n) is 24.4. The lowest BCUT2D eigenvalue weighted by Gasteiger charge is -2.33. The second-order valence-corrected chi connectivity index (χ2v) is 18.2. The lowest BCUT2D eigenvalue weighted by molar-refractivity contribution is -0.149. The molecule has 0 radical (unpaired) electrons. The highest BCUT2D eigenvalue weighted by molar-refractivity contribution is 5.98. The van der Waals surface area contributed by atoms with Crippen LogP contribution in [-0.4, -0.2) is 150 Å². The Hall–Kier alpha value is -4.44. The minimum absolute atomic E-state index is 0.186. The van der Waals surface area contributed by atoms with Gasteiger partial charge in [-0.2, -0.15) is 0 Å². The number of nitrogens with zero attached hydrogens (tertiary/aromatic N) is 2. The second kappa shape index (κ2) is 30.8. The highest BCUT2D eigenvalue weighted by atomic mass is 16.4. The Morgan fingerprint density at radius 3 is 1.38 bits per heavy atom. The molecule has 0 aromatic rings. The summed E-state index contributed by atoms with van der Waals surface area (Å²) < 4.78 is 0. The van der Waals surface area contributed by atoms with Gasteiger partial charge in [-0.25, -0.2) is 4.79 Å². The summed E-state index contributed by atoms with van der Waals surface area (Å²) in [6, 6.07) is -8.16. The monoisotopic (exact) mass is 937 g/mol. The fourth-order valence-electron chi connectivity index (χ4n) is 8.32. The van der Waals surface area contributed by atoms with Crippen molar-refractivity contribution in [2.75, 3.05) is 39.3 Å². The molecular weight excluding hydrogens is 853 g/mol. The first-order valence-corrected chi connectivity index (χ1v) is 24.4. The number of nitrogens with two attached hydrogens (primary N) is 5. The fourth-order valence-corrected chi connectivity index (χ4v) is 8.32. The zero-order chi connectivity index (χ0) is 49.3. The molecule has 0 aromatic carbocycles. The summed E-state index contributed by atoms with van der Waals surface area (Å²) in [6.45, 7) is 9.17. The van der Waals surface area contributed by atoms with E-state index in [9.17, 15) is 43.5 Å². The van der Waals surface area contributed by atoms with E-state index in [0.29, 0.717) is 103 Å². The molecule has 0 saturated carbocycles. The van der Waals surface area contributed by atoms with E-state index >= 15 is 0 Å². The molecule has 21 nitrogen and oxygen atoms in total. The Bertz CT molecular complexity index is 1570. The normalized spacial score (nSPS) is 19.2. The van der Waals surface area contributed by atoms with Gasteiger partial charge in [0, 0.05) is 13.1 Å². The Kier molecular flexibility index (Phi) is 26.9. The van der Waals surface area contributed by atoms with Gasteiger partial charge < -0.3 is 70.2 Å². The Labute approximate surface area is 391 Å². The highest BCUT2D eigenvalue weighted by Crippen LogP contribution is 2.23. The molecular formula is C45H84N12O9. The summed E-state index contributed by atoms with van der Waals surface area (Å²) in [6.07, 6.45) is 7.23. The van der Waals surface area contributed by atoms with Crippen LogP contribution in [-0.2, 0) is 38.4 Å². The summed E-state index contributed by atoms with van der Waals surface area (Å²) in [5.74, 6) is -5.59. The van der Waals surface area contributed by atoms with Crippen molar-refractivity contribution in [2.45, 2.75) is 185 Å². The van der Waals surface area contributed by atoms with Crippen molar-refractivity contribution in [1.29, 1.82) is 0 Å². The largest absolute Gasteiger partial charge is 0.480 e. The van der Waals surface area contributed by atoms with Crippen molar-refractivity contribution in [3.8, 4) is 0 Å². The van der Waals surface area contributed by atoms with Gasteiger partial charge >= 0.3 is 5.97 Å². The van der Waals surface area contributed by atoms with Crippen molar-refractivity contribution < 1.29 is 43.5 Å². The molecule has 7 amide bonds. The van der Waals surface area contributed by atoms with Gasteiger partial charge in [0.05, 0.1) is 6.04 Å².